The van der Waals surface area contributed by atoms with Crippen LogP contribution in [0.25, 0.3) is 0 Å². The third kappa shape index (κ3) is 3.22. The maximum absolute atomic E-state index is 6.42. The quantitative estimate of drug-likeness (QED) is 0.923. The van der Waals surface area contributed by atoms with Crippen LogP contribution in [0.2, 0.25) is 0 Å². The van der Waals surface area contributed by atoms with Crippen molar-refractivity contribution in [3.05, 3.63) is 41.8 Å². The van der Waals surface area contributed by atoms with E-state index in [2.05, 4.69) is 15.1 Å². The lowest BCUT2D eigenvalue weighted by molar-refractivity contribution is 0.260. The van der Waals surface area contributed by atoms with E-state index in [9.17, 15) is 0 Å². The van der Waals surface area contributed by atoms with E-state index in [0.29, 0.717) is 24.6 Å². The Morgan fingerprint density at radius 3 is 2.65 bits per heavy atom. The molecule has 0 spiro atoms. The lowest BCUT2D eigenvalue weighted by Crippen LogP contribution is -2.43. The monoisotopic (exact) mass is 272 g/mol. The topological polar surface area (TPSA) is 77.8 Å². The molecule has 1 fully saturated rings. The summed E-state index contributed by atoms with van der Waals surface area (Å²) in [6.07, 6.45) is 10.7. The Morgan fingerprint density at radius 2 is 1.90 bits per heavy atom. The summed E-state index contributed by atoms with van der Waals surface area (Å²) in [6, 6.07) is 3.92. The van der Waals surface area contributed by atoms with E-state index < -0.39 is 0 Å². The highest BCUT2D eigenvalue weighted by atomic mass is 16.5. The van der Waals surface area contributed by atoms with Crippen LogP contribution < -0.4 is 5.73 Å². The van der Waals surface area contributed by atoms with Crippen LogP contribution in [-0.4, -0.2) is 20.7 Å². The summed E-state index contributed by atoms with van der Waals surface area (Å²) in [6.45, 7) is 0. The summed E-state index contributed by atoms with van der Waals surface area (Å²) in [5, 5.41) is 4.05. The van der Waals surface area contributed by atoms with Gasteiger partial charge < -0.3 is 10.3 Å². The fraction of sp³-hybridized carbons (Fsp3) is 0.533. The lowest BCUT2D eigenvalue weighted by Gasteiger charge is -2.31. The second kappa shape index (κ2) is 5.71. The summed E-state index contributed by atoms with van der Waals surface area (Å²) in [5.74, 6) is 1.38. The zero-order chi connectivity index (χ0) is 13.8. The van der Waals surface area contributed by atoms with Crippen molar-refractivity contribution in [1.29, 1.82) is 0 Å². The highest BCUT2D eigenvalue weighted by Gasteiger charge is 2.29. The normalized spacial score (nSPS) is 18.1. The van der Waals surface area contributed by atoms with Crippen LogP contribution in [0.15, 0.2) is 29.0 Å². The molecule has 5 heteroatoms. The van der Waals surface area contributed by atoms with Gasteiger partial charge in [-0.05, 0) is 30.5 Å². The van der Waals surface area contributed by atoms with Crippen molar-refractivity contribution >= 4 is 0 Å². The zero-order valence-corrected chi connectivity index (χ0v) is 11.6. The smallest absolute Gasteiger partial charge is 0.228 e. The molecule has 106 valence electrons. The molecule has 0 aliphatic heterocycles. The van der Waals surface area contributed by atoms with Crippen LogP contribution in [0.5, 0.6) is 0 Å². The van der Waals surface area contributed by atoms with Crippen molar-refractivity contribution in [1.82, 2.24) is 15.1 Å². The van der Waals surface area contributed by atoms with Crippen LogP contribution in [0.1, 0.15) is 49.4 Å². The van der Waals surface area contributed by atoms with Gasteiger partial charge in [-0.2, -0.15) is 4.98 Å². The number of hydrogen-bond donors (Lipinski definition) is 1. The molecule has 0 saturated heterocycles. The van der Waals surface area contributed by atoms with Crippen LogP contribution in [-0.2, 0) is 12.8 Å². The maximum atomic E-state index is 6.42. The lowest BCUT2D eigenvalue weighted by atomic mass is 9.80. The first-order chi connectivity index (χ1) is 9.73. The number of nitrogens with zero attached hydrogens (tertiary/aromatic N) is 3. The molecule has 2 aromatic heterocycles. The molecule has 0 bridgehead atoms. The molecular formula is C15H20N4O. The van der Waals surface area contributed by atoms with Gasteiger partial charge in [0.2, 0.25) is 5.89 Å². The Kier molecular flexibility index (Phi) is 3.78. The van der Waals surface area contributed by atoms with Crippen molar-refractivity contribution in [2.75, 3.05) is 0 Å². The second-order valence-electron chi connectivity index (χ2n) is 5.74. The Hall–Kier alpha value is -1.75. The molecule has 3 rings (SSSR count). The van der Waals surface area contributed by atoms with Crippen LogP contribution in [0, 0.1) is 0 Å². The van der Waals surface area contributed by atoms with E-state index in [-0.39, 0.29) is 5.54 Å². The molecule has 2 heterocycles. The first kappa shape index (κ1) is 13.2. The molecule has 1 aliphatic carbocycles. The minimum atomic E-state index is -0.154. The van der Waals surface area contributed by atoms with Gasteiger partial charge in [0.05, 0.1) is 0 Å². The highest BCUT2D eigenvalue weighted by molar-refractivity contribution is 5.14. The summed E-state index contributed by atoms with van der Waals surface area (Å²) in [7, 11) is 0. The summed E-state index contributed by atoms with van der Waals surface area (Å²) < 4.78 is 5.35. The average Bonchev–Trinajstić information content (AvgIpc) is 2.87. The van der Waals surface area contributed by atoms with Gasteiger partial charge in [-0.1, -0.05) is 24.4 Å². The molecule has 0 unspecified atom stereocenters. The summed E-state index contributed by atoms with van der Waals surface area (Å²) in [5.41, 5.74) is 7.39. The van der Waals surface area contributed by atoms with E-state index >= 15 is 0 Å². The molecule has 0 radical (unpaired) electrons. The molecule has 1 saturated carbocycles. The Morgan fingerprint density at radius 1 is 1.15 bits per heavy atom. The third-order valence-electron chi connectivity index (χ3n) is 3.97. The van der Waals surface area contributed by atoms with Gasteiger partial charge in [0.15, 0.2) is 5.82 Å². The van der Waals surface area contributed by atoms with Crippen LogP contribution in [0.4, 0.5) is 0 Å². The van der Waals surface area contributed by atoms with Crippen molar-refractivity contribution in [3.63, 3.8) is 0 Å². The molecule has 0 atom stereocenters. The van der Waals surface area contributed by atoms with Gasteiger partial charge >= 0.3 is 0 Å². The molecule has 2 aromatic rings. The summed E-state index contributed by atoms with van der Waals surface area (Å²) >= 11 is 0. The van der Waals surface area contributed by atoms with E-state index in [1.165, 1.54) is 19.3 Å². The van der Waals surface area contributed by atoms with Gasteiger partial charge in [0.25, 0.3) is 0 Å². The van der Waals surface area contributed by atoms with Gasteiger partial charge in [-0.25, -0.2) is 0 Å². The van der Waals surface area contributed by atoms with E-state index in [4.69, 9.17) is 10.3 Å². The van der Waals surface area contributed by atoms with Crippen LogP contribution >= 0.6 is 0 Å². The predicted molar refractivity (Wildman–Crippen MR) is 75.0 cm³/mol. The van der Waals surface area contributed by atoms with Gasteiger partial charge in [-0.15, -0.1) is 0 Å². The van der Waals surface area contributed by atoms with Crippen molar-refractivity contribution < 1.29 is 4.52 Å². The predicted octanol–water partition coefficient (Wildman–Crippen LogP) is 2.26. The average molecular weight is 272 g/mol. The molecule has 1 aliphatic rings. The molecule has 0 aromatic carbocycles. The number of hydrogen-bond acceptors (Lipinski definition) is 5. The maximum Gasteiger partial charge on any atom is 0.228 e. The van der Waals surface area contributed by atoms with Crippen molar-refractivity contribution in [2.24, 2.45) is 5.73 Å². The molecule has 5 nitrogen and oxygen atoms in total. The van der Waals surface area contributed by atoms with E-state index in [1.54, 1.807) is 12.4 Å². The first-order valence-electron chi connectivity index (χ1n) is 7.23. The van der Waals surface area contributed by atoms with E-state index in [1.807, 2.05) is 12.1 Å². The van der Waals surface area contributed by atoms with Crippen LogP contribution in [0.3, 0.4) is 0 Å². The molecular weight excluding hydrogens is 252 g/mol. The van der Waals surface area contributed by atoms with Gasteiger partial charge in [0, 0.05) is 30.8 Å². The largest absolute Gasteiger partial charge is 0.339 e. The van der Waals surface area contributed by atoms with Crippen molar-refractivity contribution in [2.45, 2.75) is 50.5 Å². The Labute approximate surface area is 118 Å². The SMILES string of the molecule is NC1(Cc2nc(Cc3ccncc3)no2)CCCCC1. The number of nitrogens with two attached hydrogens (primary N) is 1. The fourth-order valence-corrected chi connectivity index (χ4v) is 2.85. The zero-order valence-electron chi connectivity index (χ0n) is 11.6. The van der Waals surface area contributed by atoms with Gasteiger partial charge in [-0.3, -0.25) is 4.98 Å². The van der Waals surface area contributed by atoms with Crippen molar-refractivity contribution in [3.8, 4) is 0 Å². The van der Waals surface area contributed by atoms with E-state index in [0.717, 1.165) is 18.4 Å². The first-order valence-corrected chi connectivity index (χ1v) is 7.23. The fourth-order valence-electron chi connectivity index (χ4n) is 2.85. The second-order valence-corrected chi connectivity index (χ2v) is 5.74. The minimum absolute atomic E-state index is 0.154. The Balaban J connectivity index is 1.65. The highest BCUT2D eigenvalue weighted by Crippen LogP contribution is 2.28. The standard InChI is InChI=1S/C15H20N4O/c16-15(6-2-1-3-7-15)11-14-18-13(19-20-14)10-12-4-8-17-9-5-12/h4-5,8-9H,1-3,6-7,10-11,16H2. The molecule has 0 amide bonds. The van der Waals surface area contributed by atoms with Gasteiger partial charge in [0.1, 0.15) is 0 Å². The number of pyridine rings is 1. The molecule has 2 N–H and O–H groups in total. The summed E-state index contributed by atoms with van der Waals surface area (Å²) in [4.78, 5) is 8.46. The molecule has 20 heavy (non-hydrogen) atoms. The minimum Gasteiger partial charge on any atom is -0.339 e. The Bertz CT molecular complexity index is 546. The third-order valence-corrected chi connectivity index (χ3v) is 3.97. The number of rotatable bonds is 4. The number of aromatic nitrogens is 3.